The third kappa shape index (κ3) is 5.47. The Morgan fingerprint density at radius 2 is 1.63 bits per heavy atom. The van der Waals surface area contributed by atoms with Crippen LogP contribution < -0.4 is 9.47 Å². The number of ether oxygens (including phenoxy) is 2. The fourth-order valence-electron chi connectivity index (χ4n) is 4.82. The Morgan fingerprint density at radius 1 is 0.895 bits per heavy atom. The van der Waals surface area contributed by atoms with Crippen LogP contribution in [0, 0.1) is 6.92 Å². The molecule has 2 aliphatic rings. The van der Waals surface area contributed by atoms with Crippen LogP contribution in [0.3, 0.4) is 0 Å². The van der Waals surface area contributed by atoms with Crippen molar-refractivity contribution in [2.45, 2.75) is 27.3 Å². The molecule has 6 nitrogen and oxygen atoms in total. The van der Waals surface area contributed by atoms with Crippen LogP contribution in [0.2, 0.25) is 5.02 Å². The number of hydrogen-bond acceptors (Lipinski definition) is 5. The molecule has 3 heterocycles. The number of hydrogen-bond donors (Lipinski definition) is 0. The molecule has 196 valence electrons. The minimum absolute atomic E-state index is 0.0146. The van der Waals surface area contributed by atoms with Gasteiger partial charge in [0.05, 0.1) is 16.8 Å². The number of rotatable bonds is 4. The van der Waals surface area contributed by atoms with Crippen LogP contribution in [0.4, 0.5) is 0 Å². The molecule has 1 aromatic heterocycles. The fraction of sp³-hybridized carbons (Fsp3) is 0.290. The SMILES string of the molecule is CC.Cc1ccc(-c2cc(C(=O)N3CCN(Cc4ccc5c(c4)OCO5)CC3)c3cc(Cl)ccc3n2)cc1. The molecule has 1 amide bonds. The highest BCUT2D eigenvalue weighted by Crippen LogP contribution is 2.33. The smallest absolute Gasteiger partial charge is 0.254 e. The van der Waals surface area contributed by atoms with E-state index in [1.165, 1.54) is 11.1 Å². The molecule has 6 rings (SSSR count). The van der Waals surface area contributed by atoms with Crippen molar-refractivity contribution in [3.8, 4) is 22.8 Å². The molecule has 38 heavy (non-hydrogen) atoms. The number of carbonyl (C=O) groups excluding carboxylic acids is 1. The lowest BCUT2D eigenvalue weighted by molar-refractivity contribution is 0.0630. The summed E-state index contributed by atoms with van der Waals surface area (Å²) in [6.45, 7) is 10.1. The molecule has 0 unspecified atom stereocenters. The predicted octanol–water partition coefficient (Wildman–Crippen LogP) is 6.58. The van der Waals surface area contributed by atoms with Gasteiger partial charge in [-0.15, -0.1) is 0 Å². The van der Waals surface area contributed by atoms with Gasteiger partial charge in [-0.05, 0) is 48.9 Å². The highest BCUT2D eigenvalue weighted by atomic mass is 35.5. The molecule has 3 aromatic carbocycles. The van der Waals surface area contributed by atoms with Crippen LogP contribution in [0.5, 0.6) is 11.5 Å². The number of fused-ring (bicyclic) bond motifs is 2. The van der Waals surface area contributed by atoms with Gasteiger partial charge in [0.1, 0.15) is 0 Å². The minimum Gasteiger partial charge on any atom is -0.454 e. The first-order valence-corrected chi connectivity index (χ1v) is 13.5. The van der Waals surface area contributed by atoms with Crippen molar-refractivity contribution in [2.75, 3.05) is 33.0 Å². The summed E-state index contributed by atoms with van der Waals surface area (Å²) < 4.78 is 10.9. The van der Waals surface area contributed by atoms with Gasteiger partial charge in [-0.1, -0.05) is 61.3 Å². The van der Waals surface area contributed by atoms with Crippen LogP contribution in [0.1, 0.15) is 35.3 Å². The summed E-state index contributed by atoms with van der Waals surface area (Å²) in [7, 11) is 0. The second-order valence-corrected chi connectivity index (χ2v) is 9.77. The second kappa shape index (κ2) is 11.4. The van der Waals surface area contributed by atoms with Gasteiger partial charge in [0.15, 0.2) is 11.5 Å². The lowest BCUT2D eigenvalue weighted by Gasteiger charge is -2.35. The second-order valence-electron chi connectivity index (χ2n) is 9.34. The summed E-state index contributed by atoms with van der Waals surface area (Å²) in [6.07, 6.45) is 0. The van der Waals surface area contributed by atoms with Crippen molar-refractivity contribution in [3.05, 3.63) is 88.4 Å². The highest BCUT2D eigenvalue weighted by molar-refractivity contribution is 6.31. The molecule has 1 fully saturated rings. The van der Waals surface area contributed by atoms with E-state index in [1.54, 1.807) is 0 Å². The zero-order valence-electron chi connectivity index (χ0n) is 22.0. The van der Waals surface area contributed by atoms with Crippen LogP contribution in [0.15, 0.2) is 66.7 Å². The van der Waals surface area contributed by atoms with E-state index in [1.807, 2.05) is 67.3 Å². The maximum absolute atomic E-state index is 13.8. The molecule has 0 radical (unpaired) electrons. The molecule has 1 saturated heterocycles. The van der Waals surface area contributed by atoms with E-state index < -0.39 is 0 Å². The zero-order chi connectivity index (χ0) is 26.6. The first-order chi connectivity index (χ1) is 18.5. The average Bonchev–Trinajstić information content (AvgIpc) is 3.42. The van der Waals surface area contributed by atoms with E-state index in [4.69, 9.17) is 26.1 Å². The number of piperazine rings is 1. The Kier molecular flexibility index (Phi) is 7.82. The number of pyridine rings is 1. The first-order valence-electron chi connectivity index (χ1n) is 13.1. The molecule has 0 spiro atoms. The quantitative estimate of drug-likeness (QED) is 0.299. The van der Waals surface area contributed by atoms with Crippen molar-refractivity contribution in [3.63, 3.8) is 0 Å². The number of nitrogens with zero attached hydrogens (tertiary/aromatic N) is 3. The number of benzene rings is 3. The standard InChI is InChI=1S/C29H26ClN3O3.C2H6/c1-19-2-5-21(6-3-19)26-16-24(23-15-22(30)7-8-25(23)31-26)29(34)33-12-10-32(11-13-33)17-20-4-9-27-28(14-20)36-18-35-27;1-2/h2-9,14-16H,10-13,17-18H2,1H3;1-2H3. The summed E-state index contributed by atoms with van der Waals surface area (Å²) in [5.74, 6) is 1.61. The van der Waals surface area contributed by atoms with Crippen LogP contribution >= 0.6 is 11.6 Å². The lowest BCUT2D eigenvalue weighted by atomic mass is 10.0. The van der Waals surface area contributed by atoms with E-state index >= 15 is 0 Å². The summed E-state index contributed by atoms with van der Waals surface area (Å²) in [5, 5.41) is 1.38. The minimum atomic E-state index is 0.0146. The van der Waals surface area contributed by atoms with Crippen LogP contribution in [-0.2, 0) is 6.54 Å². The summed E-state index contributed by atoms with van der Waals surface area (Å²) >= 11 is 6.31. The van der Waals surface area contributed by atoms with Gasteiger partial charge >= 0.3 is 0 Å². The molecule has 4 aromatic rings. The summed E-state index contributed by atoms with van der Waals surface area (Å²) in [4.78, 5) is 22.9. The van der Waals surface area contributed by atoms with E-state index in [0.29, 0.717) is 23.7 Å². The molecular formula is C31H32ClN3O3. The van der Waals surface area contributed by atoms with E-state index in [-0.39, 0.29) is 12.7 Å². The van der Waals surface area contributed by atoms with Crippen molar-refractivity contribution < 1.29 is 14.3 Å². The van der Waals surface area contributed by atoms with Crippen molar-refractivity contribution in [1.29, 1.82) is 0 Å². The van der Waals surface area contributed by atoms with E-state index in [2.05, 4.69) is 30.0 Å². The van der Waals surface area contributed by atoms with Crippen molar-refractivity contribution >= 4 is 28.4 Å². The molecule has 0 bridgehead atoms. The van der Waals surface area contributed by atoms with Crippen LogP contribution in [-0.4, -0.2) is 53.7 Å². The number of aromatic nitrogens is 1. The van der Waals surface area contributed by atoms with Gasteiger partial charge in [0.25, 0.3) is 5.91 Å². The molecule has 0 atom stereocenters. The topological polar surface area (TPSA) is 54.9 Å². The lowest BCUT2D eigenvalue weighted by Crippen LogP contribution is -2.48. The third-order valence-corrected chi connectivity index (χ3v) is 7.09. The average molecular weight is 530 g/mol. The van der Waals surface area contributed by atoms with Gasteiger partial charge in [-0.3, -0.25) is 9.69 Å². The van der Waals surface area contributed by atoms with Crippen molar-refractivity contribution in [2.24, 2.45) is 0 Å². The van der Waals surface area contributed by atoms with E-state index in [0.717, 1.165) is 53.3 Å². The largest absolute Gasteiger partial charge is 0.454 e. The molecule has 0 saturated carbocycles. The molecule has 2 aliphatic heterocycles. The maximum Gasteiger partial charge on any atom is 0.254 e. The van der Waals surface area contributed by atoms with Gasteiger partial charge in [-0.25, -0.2) is 4.98 Å². The Hall–Kier alpha value is -3.61. The van der Waals surface area contributed by atoms with Gasteiger partial charge in [0, 0.05) is 48.7 Å². The highest BCUT2D eigenvalue weighted by Gasteiger charge is 2.25. The Labute approximate surface area is 228 Å². The van der Waals surface area contributed by atoms with Crippen molar-refractivity contribution in [1.82, 2.24) is 14.8 Å². The molecule has 0 N–H and O–H groups in total. The van der Waals surface area contributed by atoms with E-state index in [9.17, 15) is 4.79 Å². The Bertz CT molecular complexity index is 1450. The first kappa shape index (κ1) is 26.0. The molecular weight excluding hydrogens is 498 g/mol. The third-order valence-electron chi connectivity index (χ3n) is 6.85. The number of halogens is 1. The Balaban J connectivity index is 0.00000144. The van der Waals surface area contributed by atoms with Crippen LogP contribution in [0.25, 0.3) is 22.2 Å². The van der Waals surface area contributed by atoms with Gasteiger partial charge < -0.3 is 14.4 Å². The maximum atomic E-state index is 13.8. The molecule has 0 aliphatic carbocycles. The predicted molar refractivity (Wildman–Crippen MR) is 152 cm³/mol. The number of carbonyl (C=O) groups is 1. The monoisotopic (exact) mass is 529 g/mol. The van der Waals surface area contributed by atoms with Gasteiger partial charge in [0.2, 0.25) is 6.79 Å². The summed E-state index contributed by atoms with van der Waals surface area (Å²) in [6, 6.07) is 21.7. The normalized spacial score (nSPS) is 14.8. The Morgan fingerprint density at radius 3 is 2.39 bits per heavy atom. The number of amides is 1. The van der Waals surface area contributed by atoms with Gasteiger partial charge in [-0.2, -0.15) is 0 Å². The molecule has 7 heteroatoms. The fourth-order valence-corrected chi connectivity index (χ4v) is 5.00. The zero-order valence-corrected chi connectivity index (χ0v) is 22.8. The number of aryl methyl sites for hydroxylation is 1. The summed E-state index contributed by atoms with van der Waals surface area (Å²) in [5.41, 5.74) is 5.54.